The van der Waals surface area contributed by atoms with Crippen molar-refractivity contribution < 1.29 is 17.9 Å². The van der Waals surface area contributed by atoms with Gasteiger partial charge in [-0.15, -0.1) is 0 Å². The first kappa shape index (κ1) is 17.3. The fourth-order valence-electron chi connectivity index (χ4n) is 2.32. The Labute approximate surface area is 136 Å². The molecule has 23 heavy (non-hydrogen) atoms. The highest BCUT2D eigenvalue weighted by atomic mass is 32.2. The second-order valence-electron chi connectivity index (χ2n) is 5.08. The summed E-state index contributed by atoms with van der Waals surface area (Å²) in [5.74, 6) is 0.855. The quantitative estimate of drug-likeness (QED) is 0.798. The van der Waals surface area contributed by atoms with Crippen LogP contribution in [0.1, 0.15) is 17.0 Å². The molecule has 0 spiro atoms. The van der Waals surface area contributed by atoms with Crippen molar-refractivity contribution in [3.63, 3.8) is 0 Å². The van der Waals surface area contributed by atoms with E-state index in [1.807, 2.05) is 13.8 Å². The monoisotopic (exact) mass is 339 g/mol. The Morgan fingerprint density at radius 3 is 2.43 bits per heavy atom. The van der Waals surface area contributed by atoms with Crippen molar-refractivity contribution in [2.24, 2.45) is 0 Å². The third-order valence-corrected chi connectivity index (χ3v) is 5.07. The number of ether oxygens (including phenoxy) is 2. The molecule has 8 heteroatoms. The van der Waals surface area contributed by atoms with Crippen LogP contribution >= 0.6 is 0 Å². The van der Waals surface area contributed by atoms with Gasteiger partial charge in [0.25, 0.3) is 0 Å². The van der Waals surface area contributed by atoms with Gasteiger partial charge in [-0.2, -0.15) is 5.10 Å². The van der Waals surface area contributed by atoms with Crippen LogP contribution in [0.5, 0.6) is 11.5 Å². The minimum Gasteiger partial charge on any atom is -0.493 e. The molecule has 0 fully saturated rings. The molecule has 0 amide bonds. The van der Waals surface area contributed by atoms with E-state index in [1.165, 1.54) is 26.4 Å². The number of aromatic amines is 1. The summed E-state index contributed by atoms with van der Waals surface area (Å²) in [4.78, 5) is 0.135. The SMILES string of the molecule is COc1ccc(S(=O)(=O)NCCc2c(C)n[nH]c2C)cc1OC. The molecule has 1 aromatic heterocycles. The summed E-state index contributed by atoms with van der Waals surface area (Å²) in [7, 11) is -0.649. The fraction of sp³-hybridized carbons (Fsp3) is 0.400. The maximum atomic E-state index is 12.4. The highest BCUT2D eigenvalue weighted by Gasteiger charge is 2.17. The molecule has 0 atom stereocenters. The van der Waals surface area contributed by atoms with Gasteiger partial charge >= 0.3 is 0 Å². The second kappa shape index (κ2) is 7.01. The smallest absolute Gasteiger partial charge is 0.240 e. The Hall–Kier alpha value is -2.06. The predicted octanol–water partition coefficient (Wildman–Crippen LogP) is 1.56. The molecule has 2 N–H and O–H groups in total. The molecule has 1 heterocycles. The minimum atomic E-state index is -3.61. The molecule has 2 aromatic rings. The predicted molar refractivity (Wildman–Crippen MR) is 86.5 cm³/mol. The normalized spacial score (nSPS) is 11.5. The number of hydrogen-bond donors (Lipinski definition) is 2. The highest BCUT2D eigenvalue weighted by molar-refractivity contribution is 7.89. The van der Waals surface area contributed by atoms with Gasteiger partial charge in [-0.25, -0.2) is 13.1 Å². The number of aryl methyl sites for hydroxylation is 2. The Bertz CT molecular complexity index is 765. The van der Waals surface area contributed by atoms with E-state index in [2.05, 4.69) is 14.9 Å². The van der Waals surface area contributed by atoms with Gasteiger partial charge < -0.3 is 9.47 Å². The number of benzene rings is 1. The second-order valence-corrected chi connectivity index (χ2v) is 6.84. The van der Waals surface area contributed by atoms with Crippen LogP contribution in [0, 0.1) is 13.8 Å². The van der Waals surface area contributed by atoms with Crippen molar-refractivity contribution in [3.8, 4) is 11.5 Å². The number of H-pyrrole nitrogens is 1. The standard InChI is InChI=1S/C15H21N3O4S/c1-10-13(11(2)18-17-10)7-8-16-23(19,20)12-5-6-14(21-3)15(9-12)22-4/h5-6,9,16H,7-8H2,1-4H3,(H,17,18). The van der Waals surface area contributed by atoms with Gasteiger partial charge in [-0.3, -0.25) is 5.10 Å². The molecule has 0 bridgehead atoms. The zero-order valence-electron chi connectivity index (χ0n) is 13.6. The molecule has 2 rings (SSSR count). The average molecular weight is 339 g/mol. The number of nitrogens with one attached hydrogen (secondary N) is 2. The van der Waals surface area contributed by atoms with Gasteiger partial charge in [-0.1, -0.05) is 0 Å². The lowest BCUT2D eigenvalue weighted by molar-refractivity contribution is 0.354. The van der Waals surface area contributed by atoms with Crippen LogP contribution in [-0.2, 0) is 16.4 Å². The van der Waals surface area contributed by atoms with Crippen LogP contribution in [0.4, 0.5) is 0 Å². The topological polar surface area (TPSA) is 93.3 Å². The van der Waals surface area contributed by atoms with Gasteiger partial charge in [0, 0.05) is 18.3 Å². The Morgan fingerprint density at radius 2 is 1.87 bits per heavy atom. The van der Waals surface area contributed by atoms with E-state index in [9.17, 15) is 8.42 Å². The van der Waals surface area contributed by atoms with Gasteiger partial charge in [0.15, 0.2) is 11.5 Å². The van der Waals surface area contributed by atoms with E-state index >= 15 is 0 Å². The third-order valence-electron chi connectivity index (χ3n) is 3.61. The van der Waals surface area contributed by atoms with Gasteiger partial charge in [0.2, 0.25) is 10.0 Å². The lowest BCUT2D eigenvalue weighted by Gasteiger charge is -2.11. The lowest BCUT2D eigenvalue weighted by atomic mass is 10.1. The summed E-state index contributed by atoms with van der Waals surface area (Å²) in [5.41, 5.74) is 2.86. The average Bonchev–Trinajstić information content (AvgIpc) is 2.85. The van der Waals surface area contributed by atoms with Crippen LogP contribution in [0.3, 0.4) is 0 Å². The van der Waals surface area contributed by atoms with E-state index < -0.39 is 10.0 Å². The molecule has 0 aliphatic carbocycles. The van der Waals surface area contributed by atoms with Gasteiger partial charge in [-0.05, 0) is 38.0 Å². The number of sulfonamides is 1. The maximum absolute atomic E-state index is 12.4. The minimum absolute atomic E-state index is 0.135. The molecule has 0 saturated heterocycles. The lowest BCUT2D eigenvalue weighted by Crippen LogP contribution is -2.26. The number of aromatic nitrogens is 2. The molecular weight excluding hydrogens is 318 g/mol. The summed E-state index contributed by atoms with van der Waals surface area (Å²) < 4.78 is 37.6. The van der Waals surface area contributed by atoms with Crippen molar-refractivity contribution in [3.05, 3.63) is 35.2 Å². The van der Waals surface area contributed by atoms with Crippen molar-refractivity contribution in [2.75, 3.05) is 20.8 Å². The summed E-state index contributed by atoms with van der Waals surface area (Å²) in [6, 6.07) is 4.49. The van der Waals surface area contributed by atoms with Crippen LogP contribution in [0.25, 0.3) is 0 Å². The number of rotatable bonds is 7. The number of hydrogen-bond acceptors (Lipinski definition) is 5. The van der Waals surface area contributed by atoms with Crippen molar-refractivity contribution in [2.45, 2.75) is 25.2 Å². The van der Waals surface area contributed by atoms with Gasteiger partial charge in [0.05, 0.1) is 24.8 Å². The molecule has 0 saturated carbocycles. The largest absolute Gasteiger partial charge is 0.493 e. The third kappa shape index (κ3) is 3.83. The maximum Gasteiger partial charge on any atom is 0.240 e. The molecule has 0 aliphatic heterocycles. The first-order valence-corrected chi connectivity index (χ1v) is 8.59. The molecule has 7 nitrogen and oxygen atoms in total. The zero-order chi connectivity index (χ0) is 17.0. The first-order valence-electron chi connectivity index (χ1n) is 7.11. The van der Waals surface area contributed by atoms with E-state index in [0.717, 1.165) is 17.0 Å². The number of nitrogens with zero attached hydrogens (tertiary/aromatic N) is 1. The molecule has 0 radical (unpaired) electrons. The number of methoxy groups -OCH3 is 2. The molecular formula is C15H21N3O4S. The summed E-state index contributed by atoms with van der Waals surface area (Å²) in [6.45, 7) is 4.09. The van der Waals surface area contributed by atoms with Crippen molar-refractivity contribution >= 4 is 10.0 Å². The highest BCUT2D eigenvalue weighted by Crippen LogP contribution is 2.29. The van der Waals surface area contributed by atoms with Crippen LogP contribution < -0.4 is 14.2 Å². The fourth-order valence-corrected chi connectivity index (χ4v) is 3.37. The van der Waals surface area contributed by atoms with Crippen LogP contribution in [0.2, 0.25) is 0 Å². The summed E-state index contributed by atoms with van der Waals surface area (Å²) in [6.07, 6.45) is 0.570. The van der Waals surface area contributed by atoms with E-state index in [1.54, 1.807) is 6.07 Å². The van der Waals surface area contributed by atoms with E-state index in [0.29, 0.717) is 17.9 Å². The molecule has 1 aromatic carbocycles. The molecule has 0 aliphatic rings. The Balaban J connectivity index is 2.10. The van der Waals surface area contributed by atoms with Gasteiger partial charge in [0.1, 0.15) is 0 Å². The zero-order valence-corrected chi connectivity index (χ0v) is 14.5. The first-order chi connectivity index (χ1) is 10.9. The Morgan fingerprint density at radius 1 is 1.17 bits per heavy atom. The van der Waals surface area contributed by atoms with E-state index in [-0.39, 0.29) is 11.4 Å². The van der Waals surface area contributed by atoms with Crippen LogP contribution in [0.15, 0.2) is 23.1 Å². The molecule has 126 valence electrons. The van der Waals surface area contributed by atoms with Crippen molar-refractivity contribution in [1.82, 2.24) is 14.9 Å². The van der Waals surface area contributed by atoms with E-state index in [4.69, 9.17) is 9.47 Å². The van der Waals surface area contributed by atoms with Crippen molar-refractivity contribution in [1.29, 1.82) is 0 Å². The summed E-state index contributed by atoms with van der Waals surface area (Å²) in [5, 5.41) is 6.98. The molecule has 0 unspecified atom stereocenters. The summed E-state index contributed by atoms with van der Waals surface area (Å²) >= 11 is 0. The Kier molecular flexibility index (Phi) is 5.27. The van der Waals surface area contributed by atoms with Crippen LogP contribution in [-0.4, -0.2) is 39.4 Å².